The van der Waals surface area contributed by atoms with Crippen LogP contribution in [0.2, 0.25) is 0 Å². The SMILES string of the molecule is O=C(NC1CC1)c1cc2c(OCc3ccccc3)cccc2[nH]1. The van der Waals surface area contributed by atoms with Crippen molar-refractivity contribution < 1.29 is 9.53 Å². The first-order valence-electron chi connectivity index (χ1n) is 7.89. The van der Waals surface area contributed by atoms with Gasteiger partial charge in [0.25, 0.3) is 5.91 Å². The zero-order valence-electron chi connectivity index (χ0n) is 12.7. The van der Waals surface area contributed by atoms with Gasteiger partial charge in [-0.15, -0.1) is 0 Å². The Morgan fingerprint density at radius 2 is 1.96 bits per heavy atom. The maximum Gasteiger partial charge on any atom is 0.267 e. The van der Waals surface area contributed by atoms with Crippen molar-refractivity contribution in [3.63, 3.8) is 0 Å². The molecule has 0 radical (unpaired) electrons. The van der Waals surface area contributed by atoms with Gasteiger partial charge in [-0.25, -0.2) is 0 Å². The molecule has 0 bridgehead atoms. The van der Waals surface area contributed by atoms with Gasteiger partial charge in [-0.1, -0.05) is 36.4 Å². The maximum atomic E-state index is 12.2. The van der Waals surface area contributed by atoms with Crippen molar-refractivity contribution >= 4 is 16.8 Å². The molecule has 1 saturated carbocycles. The topological polar surface area (TPSA) is 54.1 Å². The van der Waals surface area contributed by atoms with Gasteiger partial charge >= 0.3 is 0 Å². The predicted molar refractivity (Wildman–Crippen MR) is 89.6 cm³/mol. The van der Waals surface area contributed by atoms with E-state index >= 15 is 0 Å². The summed E-state index contributed by atoms with van der Waals surface area (Å²) >= 11 is 0. The van der Waals surface area contributed by atoms with Crippen LogP contribution in [0.4, 0.5) is 0 Å². The van der Waals surface area contributed by atoms with Crippen LogP contribution in [-0.4, -0.2) is 16.9 Å². The summed E-state index contributed by atoms with van der Waals surface area (Å²) in [6.45, 7) is 0.509. The lowest BCUT2D eigenvalue weighted by molar-refractivity contribution is 0.0947. The van der Waals surface area contributed by atoms with Crippen LogP contribution in [0.25, 0.3) is 10.9 Å². The second kappa shape index (κ2) is 5.80. The van der Waals surface area contributed by atoms with Crippen molar-refractivity contribution in [2.45, 2.75) is 25.5 Å². The average Bonchev–Trinajstić information content (AvgIpc) is 3.28. The quantitative estimate of drug-likeness (QED) is 0.756. The molecular weight excluding hydrogens is 288 g/mol. The molecule has 4 heteroatoms. The first-order valence-corrected chi connectivity index (χ1v) is 7.89. The molecule has 2 N–H and O–H groups in total. The Hall–Kier alpha value is -2.75. The van der Waals surface area contributed by atoms with Crippen molar-refractivity contribution in [1.82, 2.24) is 10.3 Å². The van der Waals surface area contributed by atoms with Crippen LogP contribution in [0.3, 0.4) is 0 Å². The number of carbonyl (C=O) groups excluding carboxylic acids is 1. The average molecular weight is 306 g/mol. The van der Waals surface area contributed by atoms with Crippen LogP contribution in [0, 0.1) is 0 Å². The molecule has 1 aliphatic carbocycles. The number of aromatic amines is 1. The molecule has 23 heavy (non-hydrogen) atoms. The second-order valence-electron chi connectivity index (χ2n) is 5.92. The number of carbonyl (C=O) groups is 1. The van der Waals surface area contributed by atoms with Crippen LogP contribution in [0.15, 0.2) is 54.6 Å². The highest BCUT2D eigenvalue weighted by Crippen LogP contribution is 2.27. The van der Waals surface area contributed by atoms with E-state index < -0.39 is 0 Å². The molecule has 0 aliphatic heterocycles. The van der Waals surface area contributed by atoms with Crippen molar-refractivity contribution in [3.8, 4) is 5.75 Å². The Labute approximate surface area is 134 Å². The number of H-pyrrole nitrogens is 1. The van der Waals surface area contributed by atoms with Crippen molar-refractivity contribution in [2.75, 3.05) is 0 Å². The Bertz CT molecular complexity index is 835. The van der Waals surface area contributed by atoms with Crippen LogP contribution in [-0.2, 0) is 6.61 Å². The molecule has 0 unspecified atom stereocenters. The summed E-state index contributed by atoms with van der Waals surface area (Å²) in [5.41, 5.74) is 2.62. The highest BCUT2D eigenvalue weighted by molar-refractivity contribution is 5.99. The van der Waals surface area contributed by atoms with Crippen LogP contribution in [0.5, 0.6) is 5.75 Å². The molecule has 4 rings (SSSR count). The molecule has 4 nitrogen and oxygen atoms in total. The van der Waals surface area contributed by atoms with E-state index in [9.17, 15) is 4.79 Å². The molecule has 1 amide bonds. The molecule has 0 spiro atoms. The summed E-state index contributed by atoms with van der Waals surface area (Å²) in [6, 6.07) is 18.1. The third-order valence-corrected chi connectivity index (χ3v) is 4.02. The molecule has 2 aromatic carbocycles. The van der Waals surface area contributed by atoms with Crippen molar-refractivity contribution in [2.24, 2.45) is 0 Å². The molecule has 1 heterocycles. The van der Waals surface area contributed by atoms with Crippen LogP contribution >= 0.6 is 0 Å². The minimum atomic E-state index is -0.0438. The van der Waals surface area contributed by atoms with Gasteiger partial charge in [0.15, 0.2) is 0 Å². The maximum absolute atomic E-state index is 12.2. The minimum Gasteiger partial charge on any atom is -0.488 e. The molecular formula is C19H18N2O2. The number of nitrogens with one attached hydrogen (secondary N) is 2. The Morgan fingerprint density at radius 3 is 2.74 bits per heavy atom. The molecule has 0 atom stereocenters. The highest BCUT2D eigenvalue weighted by Gasteiger charge is 2.24. The lowest BCUT2D eigenvalue weighted by Gasteiger charge is -2.07. The molecule has 1 aromatic heterocycles. The number of amides is 1. The van der Waals surface area contributed by atoms with Crippen LogP contribution in [0.1, 0.15) is 28.9 Å². The standard InChI is InChI=1S/C19H18N2O2/c22-19(20-14-9-10-14)17-11-15-16(21-17)7-4-8-18(15)23-12-13-5-2-1-3-6-13/h1-8,11,14,21H,9-10,12H2,(H,20,22). The highest BCUT2D eigenvalue weighted by atomic mass is 16.5. The molecule has 0 saturated heterocycles. The third-order valence-electron chi connectivity index (χ3n) is 4.02. The Kier molecular flexibility index (Phi) is 3.50. The van der Waals surface area contributed by atoms with Gasteiger partial charge in [0, 0.05) is 16.9 Å². The van der Waals surface area contributed by atoms with Gasteiger partial charge in [-0.3, -0.25) is 4.79 Å². The number of ether oxygens (including phenoxy) is 1. The van der Waals surface area contributed by atoms with E-state index in [-0.39, 0.29) is 5.91 Å². The third kappa shape index (κ3) is 3.06. The largest absolute Gasteiger partial charge is 0.488 e. The number of hydrogen-bond donors (Lipinski definition) is 2. The number of benzene rings is 2. The first-order chi connectivity index (χ1) is 11.3. The fourth-order valence-corrected chi connectivity index (χ4v) is 2.60. The summed E-state index contributed by atoms with van der Waals surface area (Å²) in [4.78, 5) is 15.3. The van der Waals surface area contributed by atoms with Crippen LogP contribution < -0.4 is 10.1 Å². The number of rotatable bonds is 5. The summed E-state index contributed by atoms with van der Waals surface area (Å²) in [5.74, 6) is 0.741. The van der Waals surface area contributed by atoms with E-state index in [1.54, 1.807) is 0 Å². The fraction of sp³-hybridized carbons (Fsp3) is 0.211. The normalized spacial score (nSPS) is 13.9. The van der Waals surface area contributed by atoms with Gasteiger partial charge in [0.05, 0.1) is 0 Å². The van der Waals surface area contributed by atoms with E-state index in [0.717, 1.165) is 35.1 Å². The van der Waals surface area contributed by atoms with Crippen molar-refractivity contribution in [3.05, 3.63) is 65.9 Å². The smallest absolute Gasteiger partial charge is 0.267 e. The molecule has 1 fully saturated rings. The van der Waals surface area contributed by atoms with E-state index in [2.05, 4.69) is 10.3 Å². The monoisotopic (exact) mass is 306 g/mol. The van der Waals surface area contributed by atoms with Crippen molar-refractivity contribution in [1.29, 1.82) is 0 Å². The lowest BCUT2D eigenvalue weighted by Crippen LogP contribution is -2.25. The zero-order chi connectivity index (χ0) is 15.6. The van der Waals surface area contributed by atoms with E-state index in [4.69, 9.17) is 4.74 Å². The summed E-state index contributed by atoms with van der Waals surface area (Å²) in [6.07, 6.45) is 2.16. The zero-order valence-corrected chi connectivity index (χ0v) is 12.7. The number of hydrogen-bond acceptors (Lipinski definition) is 2. The van der Waals surface area contributed by atoms with Gasteiger partial charge in [-0.2, -0.15) is 0 Å². The summed E-state index contributed by atoms with van der Waals surface area (Å²) in [7, 11) is 0. The van der Waals surface area contributed by atoms with E-state index in [1.807, 2.05) is 54.6 Å². The fourth-order valence-electron chi connectivity index (χ4n) is 2.60. The van der Waals surface area contributed by atoms with E-state index in [0.29, 0.717) is 18.3 Å². The van der Waals surface area contributed by atoms with Gasteiger partial charge in [0.1, 0.15) is 18.1 Å². The molecule has 3 aromatic rings. The molecule has 1 aliphatic rings. The molecule has 116 valence electrons. The van der Waals surface area contributed by atoms with Gasteiger partial charge in [-0.05, 0) is 36.6 Å². The predicted octanol–water partition coefficient (Wildman–Crippen LogP) is 3.64. The van der Waals surface area contributed by atoms with Gasteiger partial charge < -0.3 is 15.0 Å². The Balaban J connectivity index is 1.56. The summed E-state index contributed by atoms with van der Waals surface area (Å²) < 4.78 is 5.94. The first kappa shape index (κ1) is 13.9. The summed E-state index contributed by atoms with van der Waals surface area (Å²) in [5, 5.41) is 3.93. The number of fused-ring (bicyclic) bond motifs is 1. The lowest BCUT2D eigenvalue weighted by atomic mass is 10.2. The Morgan fingerprint density at radius 1 is 1.13 bits per heavy atom. The minimum absolute atomic E-state index is 0.0438. The van der Waals surface area contributed by atoms with Gasteiger partial charge in [0.2, 0.25) is 0 Å². The number of aromatic nitrogens is 1. The second-order valence-corrected chi connectivity index (χ2v) is 5.92. The van der Waals surface area contributed by atoms with E-state index in [1.165, 1.54) is 0 Å².